The lowest BCUT2D eigenvalue weighted by Gasteiger charge is -2.34. The van der Waals surface area contributed by atoms with E-state index in [0.717, 1.165) is 0 Å². The van der Waals surface area contributed by atoms with Gasteiger partial charge in [0.15, 0.2) is 9.84 Å². The molecule has 0 radical (unpaired) electrons. The zero-order chi connectivity index (χ0) is 14.2. The van der Waals surface area contributed by atoms with Crippen molar-refractivity contribution in [2.45, 2.75) is 19.9 Å². The summed E-state index contributed by atoms with van der Waals surface area (Å²) < 4.78 is 23.1. The topological polar surface area (TPSA) is 87.6 Å². The van der Waals surface area contributed by atoms with Gasteiger partial charge in [-0.3, -0.25) is 0 Å². The van der Waals surface area contributed by atoms with Gasteiger partial charge < -0.3 is 10.0 Å². The third-order valence-electron chi connectivity index (χ3n) is 3.19. The van der Waals surface area contributed by atoms with Crippen molar-refractivity contribution in [1.29, 1.82) is 0 Å². The molecule has 0 amide bonds. The van der Waals surface area contributed by atoms with E-state index in [4.69, 9.17) is 0 Å². The highest BCUT2D eigenvalue weighted by molar-refractivity contribution is 7.91. The Balaban J connectivity index is 2.42. The van der Waals surface area contributed by atoms with Crippen molar-refractivity contribution < 1.29 is 18.3 Å². The van der Waals surface area contributed by atoms with E-state index in [2.05, 4.69) is 4.98 Å². The molecule has 1 saturated heterocycles. The van der Waals surface area contributed by atoms with Crippen molar-refractivity contribution in [2.75, 3.05) is 23.0 Å². The van der Waals surface area contributed by atoms with Gasteiger partial charge in [0.05, 0.1) is 11.5 Å². The maximum atomic E-state index is 11.6. The summed E-state index contributed by atoms with van der Waals surface area (Å²) in [6.45, 7) is 3.83. The molecule has 104 valence electrons. The van der Waals surface area contributed by atoms with Crippen LogP contribution >= 0.6 is 0 Å². The molecule has 0 saturated carbocycles. The van der Waals surface area contributed by atoms with E-state index < -0.39 is 15.8 Å². The summed E-state index contributed by atoms with van der Waals surface area (Å²) in [5.74, 6) is -0.633. The normalized spacial score (nSPS) is 22.2. The van der Waals surface area contributed by atoms with Gasteiger partial charge in [-0.2, -0.15) is 0 Å². The molecular formula is C12H16N2O4S. The summed E-state index contributed by atoms with van der Waals surface area (Å²) in [7, 11) is -3.03. The molecule has 0 spiro atoms. The number of carbonyl (C=O) groups is 1. The van der Waals surface area contributed by atoms with Gasteiger partial charge in [-0.05, 0) is 26.0 Å². The number of hydrogen-bond donors (Lipinski definition) is 1. The molecule has 2 rings (SSSR count). The number of nitrogens with zero attached hydrogens (tertiary/aromatic N) is 2. The van der Waals surface area contributed by atoms with Crippen LogP contribution in [0.2, 0.25) is 0 Å². The number of carboxylic acids is 1. The number of sulfone groups is 1. The first-order valence-electron chi connectivity index (χ1n) is 5.98. The largest absolute Gasteiger partial charge is 0.478 e. The lowest BCUT2D eigenvalue weighted by molar-refractivity contribution is 0.0697. The Morgan fingerprint density at radius 1 is 1.47 bits per heavy atom. The van der Waals surface area contributed by atoms with Crippen LogP contribution in [0.1, 0.15) is 23.0 Å². The molecule has 6 nitrogen and oxygen atoms in total. The molecule has 19 heavy (non-hydrogen) atoms. The molecule has 1 N–H and O–H groups in total. The first kappa shape index (κ1) is 13.8. The second-order valence-electron chi connectivity index (χ2n) is 4.79. The molecule has 0 bridgehead atoms. The quantitative estimate of drug-likeness (QED) is 0.860. The standard InChI is InChI=1S/C12H16N2O4S/c1-8-3-4-10(12(15)16)11(13-8)14-5-6-19(17,18)7-9(14)2/h3-4,9H,5-7H2,1-2H3,(H,15,16). The molecular weight excluding hydrogens is 268 g/mol. The van der Waals surface area contributed by atoms with Crippen molar-refractivity contribution in [3.63, 3.8) is 0 Å². The number of anilines is 1. The van der Waals surface area contributed by atoms with Crippen LogP contribution in [0.25, 0.3) is 0 Å². The molecule has 0 aromatic carbocycles. The molecule has 2 heterocycles. The summed E-state index contributed by atoms with van der Waals surface area (Å²) >= 11 is 0. The van der Waals surface area contributed by atoms with E-state index in [1.807, 2.05) is 0 Å². The van der Waals surface area contributed by atoms with Crippen LogP contribution in [-0.4, -0.2) is 48.6 Å². The zero-order valence-corrected chi connectivity index (χ0v) is 11.6. The predicted octanol–water partition coefficient (Wildman–Crippen LogP) is 0.712. The Hall–Kier alpha value is -1.63. The zero-order valence-electron chi connectivity index (χ0n) is 10.8. The third-order valence-corrected chi connectivity index (χ3v) is 4.98. The van der Waals surface area contributed by atoms with Gasteiger partial charge in [0.1, 0.15) is 11.4 Å². The van der Waals surface area contributed by atoms with Gasteiger partial charge in [0, 0.05) is 18.3 Å². The van der Waals surface area contributed by atoms with Gasteiger partial charge in [0.2, 0.25) is 0 Å². The summed E-state index contributed by atoms with van der Waals surface area (Å²) in [6, 6.07) is 2.87. The van der Waals surface area contributed by atoms with E-state index in [-0.39, 0.29) is 29.7 Å². The van der Waals surface area contributed by atoms with Gasteiger partial charge in [-0.1, -0.05) is 0 Å². The average Bonchev–Trinajstić information content (AvgIpc) is 2.27. The minimum absolute atomic E-state index is 0.0294. The first-order valence-corrected chi connectivity index (χ1v) is 7.80. The molecule has 0 aliphatic carbocycles. The van der Waals surface area contributed by atoms with Crippen LogP contribution in [0.4, 0.5) is 5.82 Å². The van der Waals surface area contributed by atoms with Crippen molar-refractivity contribution in [1.82, 2.24) is 4.98 Å². The summed E-state index contributed by atoms with van der Waals surface area (Å²) in [5.41, 5.74) is 0.817. The predicted molar refractivity (Wildman–Crippen MR) is 71.4 cm³/mol. The fraction of sp³-hybridized carbons (Fsp3) is 0.500. The van der Waals surface area contributed by atoms with Crippen LogP contribution < -0.4 is 4.90 Å². The molecule has 1 atom stereocenters. The Labute approximate surface area is 112 Å². The number of carboxylic acid groups (broad SMARTS) is 1. The van der Waals surface area contributed by atoms with Crippen LogP contribution in [0, 0.1) is 6.92 Å². The lowest BCUT2D eigenvalue weighted by Crippen LogP contribution is -2.48. The third kappa shape index (κ3) is 2.86. The molecule has 1 fully saturated rings. The highest BCUT2D eigenvalue weighted by Crippen LogP contribution is 2.24. The van der Waals surface area contributed by atoms with Gasteiger partial charge in [0.25, 0.3) is 0 Å². The maximum Gasteiger partial charge on any atom is 0.339 e. The number of rotatable bonds is 2. The minimum atomic E-state index is -3.03. The Kier molecular flexibility index (Phi) is 3.49. The van der Waals surface area contributed by atoms with Crippen LogP contribution in [0.15, 0.2) is 12.1 Å². The smallest absolute Gasteiger partial charge is 0.339 e. The van der Waals surface area contributed by atoms with Crippen molar-refractivity contribution >= 4 is 21.6 Å². The van der Waals surface area contributed by atoms with E-state index in [1.54, 1.807) is 24.8 Å². The van der Waals surface area contributed by atoms with E-state index in [9.17, 15) is 18.3 Å². The van der Waals surface area contributed by atoms with Crippen LogP contribution in [0.3, 0.4) is 0 Å². The highest BCUT2D eigenvalue weighted by atomic mass is 32.2. The second kappa shape index (κ2) is 4.80. The summed E-state index contributed by atoms with van der Waals surface area (Å²) in [6.07, 6.45) is 0. The minimum Gasteiger partial charge on any atom is -0.478 e. The van der Waals surface area contributed by atoms with Gasteiger partial charge in [-0.15, -0.1) is 0 Å². The SMILES string of the molecule is Cc1ccc(C(=O)O)c(N2CCS(=O)(=O)CC2C)n1. The fourth-order valence-electron chi connectivity index (χ4n) is 2.24. The number of aryl methyl sites for hydroxylation is 1. The van der Waals surface area contributed by atoms with E-state index >= 15 is 0 Å². The summed E-state index contributed by atoms with van der Waals surface area (Å²) in [4.78, 5) is 17.3. The fourth-order valence-corrected chi connectivity index (χ4v) is 3.80. The van der Waals surface area contributed by atoms with Gasteiger partial charge in [-0.25, -0.2) is 18.2 Å². The molecule has 1 aromatic rings. The van der Waals surface area contributed by atoms with Gasteiger partial charge >= 0.3 is 5.97 Å². The van der Waals surface area contributed by atoms with Crippen molar-refractivity contribution in [3.8, 4) is 0 Å². The number of pyridine rings is 1. The van der Waals surface area contributed by atoms with Crippen LogP contribution in [0.5, 0.6) is 0 Å². The van der Waals surface area contributed by atoms with Crippen molar-refractivity contribution in [2.24, 2.45) is 0 Å². The molecule has 1 aliphatic rings. The number of aromatic nitrogens is 1. The van der Waals surface area contributed by atoms with Crippen molar-refractivity contribution in [3.05, 3.63) is 23.4 Å². The Morgan fingerprint density at radius 3 is 2.74 bits per heavy atom. The number of aromatic carboxylic acids is 1. The first-order chi connectivity index (χ1) is 8.80. The molecule has 7 heteroatoms. The summed E-state index contributed by atoms with van der Waals surface area (Å²) in [5, 5.41) is 9.19. The Bertz CT molecular complexity index is 612. The van der Waals surface area contributed by atoms with Crippen LogP contribution in [-0.2, 0) is 9.84 Å². The average molecular weight is 284 g/mol. The molecule has 1 aromatic heterocycles. The maximum absolute atomic E-state index is 11.6. The monoisotopic (exact) mass is 284 g/mol. The Morgan fingerprint density at radius 2 is 2.16 bits per heavy atom. The second-order valence-corrected chi connectivity index (χ2v) is 7.01. The molecule has 1 aliphatic heterocycles. The number of hydrogen-bond acceptors (Lipinski definition) is 5. The van der Waals surface area contributed by atoms with E-state index in [0.29, 0.717) is 11.5 Å². The highest BCUT2D eigenvalue weighted by Gasteiger charge is 2.31. The molecule has 1 unspecified atom stereocenters. The lowest BCUT2D eigenvalue weighted by atomic mass is 10.2. The van der Waals surface area contributed by atoms with E-state index in [1.165, 1.54) is 6.07 Å².